The molecule has 0 heterocycles. The van der Waals surface area contributed by atoms with Crippen molar-refractivity contribution in [2.45, 2.75) is 0 Å². The fourth-order valence-corrected chi connectivity index (χ4v) is 0.898. The molecule has 0 atom stereocenters. The molecule has 0 aliphatic rings. The minimum Gasteiger partial charge on any atom is -0.295 e. The van der Waals surface area contributed by atoms with E-state index in [4.69, 9.17) is 0 Å². The molecule has 0 aromatic heterocycles. The van der Waals surface area contributed by atoms with Gasteiger partial charge in [-0.1, -0.05) is 6.07 Å². The first-order valence-corrected chi connectivity index (χ1v) is 3.64. The van der Waals surface area contributed by atoms with Gasteiger partial charge in [0.05, 0.1) is 4.92 Å². The van der Waals surface area contributed by atoms with Crippen molar-refractivity contribution < 1.29 is 14.5 Å². The summed E-state index contributed by atoms with van der Waals surface area (Å²) in [6.07, 6.45) is 0.223. The predicted octanol–water partition coefficient (Wildman–Crippen LogP) is 0.481. The van der Waals surface area contributed by atoms with Crippen LogP contribution in [-0.4, -0.2) is 17.2 Å². The Labute approximate surface area is 78.7 Å². The highest BCUT2D eigenvalue weighted by Crippen LogP contribution is 2.12. The summed E-state index contributed by atoms with van der Waals surface area (Å²) < 4.78 is 0. The van der Waals surface area contributed by atoms with Gasteiger partial charge < -0.3 is 0 Å². The monoisotopic (exact) mass is 194 g/mol. The highest BCUT2D eigenvalue weighted by atomic mass is 16.6. The number of carbonyl (C=O) groups is 2. The lowest BCUT2D eigenvalue weighted by atomic mass is 10.2. The molecule has 0 saturated heterocycles. The van der Waals surface area contributed by atoms with E-state index >= 15 is 0 Å². The van der Waals surface area contributed by atoms with Crippen molar-refractivity contribution in [2.75, 3.05) is 0 Å². The Hall–Kier alpha value is -2.24. The fourth-order valence-electron chi connectivity index (χ4n) is 0.898. The van der Waals surface area contributed by atoms with Gasteiger partial charge in [-0.05, 0) is 6.07 Å². The molecule has 1 rings (SSSR count). The van der Waals surface area contributed by atoms with Gasteiger partial charge in [-0.25, -0.2) is 0 Å². The molecule has 0 spiro atoms. The number of nitro benzene ring substituents is 1. The molecule has 1 aromatic rings. The maximum atomic E-state index is 11.1. The van der Waals surface area contributed by atoms with Gasteiger partial charge in [0.2, 0.25) is 6.41 Å². The lowest BCUT2D eigenvalue weighted by Gasteiger charge is -1.97. The normalized spacial score (nSPS) is 9.14. The molecule has 72 valence electrons. The third-order valence-corrected chi connectivity index (χ3v) is 1.51. The molecule has 0 saturated carbocycles. The third-order valence-electron chi connectivity index (χ3n) is 1.51. The van der Waals surface area contributed by atoms with Gasteiger partial charge >= 0.3 is 0 Å². The van der Waals surface area contributed by atoms with Gasteiger partial charge in [-0.2, -0.15) is 0 Å². The molecule has 0 fully saturated rings. The van der Waals surface area contributed by atoms with Crippen LogP contribution in [0.1, 0.15) is 10.4 Å². The summed E-state index contributed by atoms with van der Waals surface area (Å²) in [6.45, 7) is 0. The summed E-state index contributed by atoms with van der Waals surface area (Å²) in [4.78, 5) is 30.7. The number of benzene rings is 1. The van der Waals surface area contributed by atoms with E-state index in [1.165, 1.54) is 18.2 Å². The SMILES string of the molecule is O=CNC(=O)c1cccc([N+](=O)[O-])c1. The quantitative estimate of drug-likeness (QED) is 0.430. The largest absolute Gasteiger partial charge is 0.295 e. The molecular weight excluding hydrogens is 188 g/mol. The number of nitro groups is 1. The molecule has 0 aliphatic heterocycles. The van der Waals surface area contributed by atoms with E-state index in [-0.39, 0.29) is 17.7 Å². The van der Waals surface area contributed by atoms with Crippen LogP contribution < -0.4 is 5.32 Å². The van der Waals surface area contributed by atoms with Crippen LogP contribution in [0, 0.1) is 10.1 Å². The Balaban J connectivity index is 2.99. The van der Waals surface area contributed by atoms with Crippen molar-refractivity contribution in [2.24, 2.45) is 0 Å². The zero-order valence-corrected chi connectivity index (χ0v) is 6.97. The van der Waals surface area contributed by atoms with Crippen LogP contribution in [-0.2, 0) is 4.79 Å². The Morgan fingerprint density at radius 3 is 2.79 bits per heavy atom. The van der Waals surface area contributed by atoms with E-state index in [2.05, 4.69) is 0 Å². The first kappa shape index (κ1) is 9.85. The number of hydrogen-bond donors (Lipinski definition) is 1. The van der Waals surface area contributed by atoms with Gasteiger partial charge in [0.25, 0.3) is 11.6 Å². The lowest BCUT2D eigenvalue weighted by molar-refractivity contribution is -0.384. The summed E-state index contributed by atoms with van der Waals surface area (Å²) in [7, 11) is 0. The smallest absolute Gasteiger partial charge is 0.270 e. The van der Waals surface area contributed by atoms with Crippen molar-refractivity contribution in [3.05, 3.63) is 39.9 Å². The van der Waals surface area contributed by atoms with Crippen molar-refractivity contribution in [1.82, 2.24) is 5.32 Å². The summed E-state index contributed by atoms with van der Waals surface area (Å²) in [6, 6.07) is 5.11. The average molecular weight is 194 g/mol. The van der Waals surface area contributed by atoms with Crippen LogP contribution >= 0.6 is 0 Å². The van der Waals surface area contributed by atoms with E-state index < -0.39 is 10.8 Å². The first-order valence-electron chi connectivity index (χ1n) is 3.64. The number of rotatable bonds is 3. The molecular formula is C8H6N2O4. The molecule has 0 unspecified atom stereocenters. The number of nitrogens with zero attached hydrogens (tertiary/aromatic N) is 1. The number of hydrogen-bond acceptors (Lipinski definition) is 4. The van der Waals surface area contributed by atoms with Crippen LogP contribution in [0.3, 0.4) is 0 Å². The topological polar surface area (TPSA) is 89.3 Å². The maximum Gasteiger partial charge on any atom is 0.270 e. The van der Waals surface area contributed by atoms with Gasteiger partial charge in [0.1, 0.15) is 0 Å². The molecule has 1 aromatic carbocycles. The highest BCUT2D eigenvalue weighted by Gasteiger charge is 2.10. The molecule has 0 radical (unpaired) electrons. The molecule has 0 aliphatic carbocycles. The number of non-ortho nitro benzene ring substituents is 1. The predicted molar refractivity (Wildman–Crippen MR) is 46.6 cm³/mol. The number of carbonyl (C=O) groups excluding carboxylic acids is 2. The summed E-state index contributed by atoms with van der Waals surface area (Å²) in [5, 5.41) is 12.2. The van der Waals surface area contributed by atoms with Crippen LogP contribution in [0.4, 0.5) is 5.69 Å². The van der Waals surface area contributed by atoms with E-state index in [0.717, 1.165) is 6.07 Å². The lowest BCUT2D eigenvalue weighted by Crippen LogP contribution is -2.21. The van der Waals surface area contributed by atoms with Crippen molar-refractivity contribution in [1.29, 1.82) is 0 Å². The molecule has 0 bridgehead atoms. The molecule has 1 N–H and O–H groups in total. The van der Waals surface area contributed by atoms with Gasteiger partial charge in [-0.15, -0.1) is 0 Å². The number of imide groups is 1. The Kier molecular flexibility index (Phi) is 2.90. The standard InChI is InChI=1S/C8H6N2O4/c11-5-9-8(12)6-2-1-3-7(4-6)10(13)14/h1-5H,(H,9,11,12). The Bertz CT molecular complexity index is 389. The van der Waals surface area contributed by atoms with Crippen LogP contribution in [0.15, 0.2) is 24.3 Å². The molecule has 2 amide bonds. The highest BCUT2D eigenvalue weighted by molar-refractivity contribution is 6.00. The zero-order chi connectivity index (χ0) is 10.6. The van der Waals surface area contributed by atoms with Gasteiger partial charge in [-0.3, -0.25) is 25.0 Å². The Morgan fingerprint density at radius 2 is 2.21 bits per heavy atom. The van der Waals surface area contributed by atoms with Crippen molar-refractivity contribution in [3.63, 3.8) is 0 Å². The van der Waals surface area contributed by atoms with E-state index in [0.29, 0.717) is 0 Å². The second kappa shape index (κ2) is 4.13. The van der Waals surface area contributed by atoms with Crippen molar-refractivity contribution >= 4 is 18.0 Å². The van der Waals surface area contributed by atoms with E-state index in [1.807, 2.05) is 5.32 Å². The van der Waals surface area contributed by atoms with Crippen LogP contribution in [0.25, 0.3) is 0 Å². The molecule has 14 heavy (non-hydrogen) atoms. The molecule has 6 nitrogen and oxygen atoms in total. The number of amides is 2. The fraction of sp³-hybridized carbons (Fsp3) is 0. The van der Waals surface area contributed by atoms with Crippen LogP contribution in [0.5, 0.6) is 0 Å². The maximum absolute atomic E-state index is 11.1. The second-order valence-electron chi connectivity index (χ2n) is 2.40. The molecule has 6 heteroatoms. The van der Waals surface area contributed by atoms with E-state index in [1.54, 1.807) is 0 Å². The Morgan fingerprint density at radius 1 is 1.50 bits per heavy atom. The summed E-state index contributed by atoms with van der Waals surface area (Å²) in [5.74, 6) is -0.663. The number of nitrogens with one attached hydrogen (secondary N) is 1. The first-order chi connectivity index (χ1) is 6.65. The minimum absolute atomic E-state index is 0.0753. The second-order valence-corrected chi connectivity index (χ2v) is 2.40. The zero-order valence-electron chi connectivity index (χ0n) is 6.97. The van der Waals surface area contributed by atoms with Gasteiger partial charge in [0.15, 0.2) is 0 Å². The summed E-state index contributed by atoms with van der Waals surface area (Å²) in [5.41, 5.74) is -0.116. The van der Waals surface area contributed by atoms with Crippen LogP contribution in [0.2, 0.25) is 0 Å². The third kappa shape index (κ3) is 2.13. The average Bonchev–Trinajstić information content (AvgIpc) is 2.18. The summed E-state index contributed by atoms with van der Waals surface area (Å²) >= 11 is 0. The minimum atomic E-state index is -0.663. The van der Waals surface area contributed by atoms with E-state index in [9.17, 15) is 19.7 Å². The van der Waals surface area contributed by atoms with Crippen molar-refractivity contribution in [3.8, 4) is 0 Å². The van der Waals surface area contributed by atoms with Gasteiger partial charge in [0, 0.05) is 17.7 Å².